The fourth-order valence-electron chi connectivity index (χ4n) is 4.33. The third-order valence-electron chi connectivity index (χ3n) is 5.01. The number of hydrogen-bond donors (Lipinski definition) is 0. The van der Waals surface area contributed by atoms with Gasteiger partial charge in [0.25, 0.3) is 0 Å². The SMILES string of the molecule is [B][Si](c1cccc(C)c1C)(N(C(C)C)C(C)C)N(C(C)C)C(C)C. The molecule has 0 spiro atoms. The third kappa shape index (κ3) is 3.97. The second-order valence-electron chi connectivity index (χ2n) is 8.16. The van der Waals surface area contributed by atoms with Gasteiger partial charge >= 0.3 is 0 Å². The van der Waals surface area contributed by atoms with E-state index in [1.165, 1.54) is 16.3 Å². The molecule has 134 valence electrons. The monoisotopic (exact) mass is 344 g/mol. The van der Waals surface area contributed by atoms with Gasteiger partial charge in [0.1, 0.15) is 7.44 Å². The highest BCUT2D eigenvalue weighted by molar-refractivity contribution is 7.21. The minimum absolute atomic E-state index is 0.404. The summed E-state index contributed by atoms with van der Waals surface area (Å²) in [6.45, 7) is 22.6. The maximum atomic E-state index is 7.47. The van der Waals surface area contributed by atoms with E-state index in [1.807, 2.05) is 0 Å². The average molecular weight is 344 g/mol. The smallest absolute Gasteiger partial charge is 0.184 e. The number of benzene rings is 1. The highest BCUT2D eigenvalue weighted by atomic mass is 28.3. The lowest BCUT2D eigenvalue weighted by Crippen LogP contribution is -2.79. The van der Waals surface area contributed by atoms with E-state index in [2.05, 4.69) is 96.6 Å². The van der Waals surface area contributed by atoms with Crippen molar-refractivity contribution in [3.63, 3.8) is 0 Å². The molecule has 0 aliphatic rings. The summed E-state index contributed by atoms with van der Waals surface area (Å²) in [6, 6.07) is 8.25. The highest BCUT2D eigenvalue weighted by Gasteiger charge is 2.47. The molecular formula is C20H37BN2Si. The summed E-state index contributed by atoms with van der Waals surface area (Å²) in [7, 11) is 4.93. The van der Waals surface area contributed by atoms with Gasteiger partial charge in [-0.3, -0.25) is 0 Å². The molecule has 0 aliphatic carbocycles. The van der Waals surface area contributed by atoms with Crippen LogP contribution in [0.15, 0.2) is 18.2 Å². The lowest BCUT2D eigenvalue weighted by Gasteiger charge is -2.55. The topological polar surface area (TPSA) is 6.48 Å². The molecule has 0 heterocycles. The van der Waals surface area contributed by atoms with Crippen LogP contribution in [0.5, 0.6) is 0 Å². The standard InChI is InChI=1S/C20H37BN2Si/c1-14(2)22(15(3)4)24(21,23(16(5)6)17(7)8)20-13-11-12-18(9)19(20)10/h11-17H,1-10H3. The summed E-state index contributed by atoms with van der Waals surface area (Å²) in [4.78, 5) is 0. The fraction of sp³-hybridized carbons (Fsp3) is 0.700. The van der Waals surface area contributed by atoms with Gasteiger partial charge in [-0.1, -0.05) is 73.6 Å². The largest absolute Gasteiger partial charge is 0.310 e. The maximum absolute atomic E-state index is 7.47. The summed E-state index contributed by atoms with van der Waals surface area (Å²) in [5, 5.41) is 1.35. The van der Waals surface area contributed by atoms with E-state index in [4.69, 9.17) is 7.44 Å². The molecule has 1 rings (SSSR count). The summed E-state index contributed by atoms with van der Waals surface area (Å²) < 4.78 is 5.18. The first-order valence-corrected chi connectivity index (χ1v) is 11.4. The van der Waals surface area contributed by atoms with Crippen molar-refractivity contribution in [3.8, 4) is 0 Å². The minimum atomic E-state index is -2.55. The molecule has 1 aromatic carbocycles. The first-order valence-electron chi connectivity index (χ1n) is 9.38. The molecule has 0 atom stereocenters. The third-order valence-corrected chi connectivity index (χ3v) is 9.99. The Bertz CT molecular complexity index is 504. The van der Waals surface area contributed by atoms with Crippen molar-refractivity contribution < 1.29 is 0 Å². The van der Waals surface area contributed by atoms with Crippen LogP contribution in [0.4, 0.5) is 0 Å². The molecule has 24 heavy (non-hydrogen) atoms. The summed E-state index contributed by atoms with van der Waals surface area (Å²) in [5.74, 6) is 0. The zero-order valence-electron chi connectivity index (χ0n) is 17.5. The predicted octanol–water partition coefficient (Wildman–Crippen LogP) is 3.86. The van der Waals surface area contributed by atoms with Gasteiger partial charge in [-0.25, -0.2) is 0 Å². The molecule has 0 N–H and O–H groups in total. The van der Waals surface area contributed by atoms with Gasteiger partial charge in [0.05, 0.1) is 0 Å². The predicted molar refractivity (Wildman–Crippen MR) is 111 cm³/mol. The molecule has 0 fully saturated rings. The van der Waals surface area contributed by atoms with Crippen LogP contribution in [0.25, 0.3) is 0 Å². The van der Waals surface area contributed by atoms with Crippen LogP contribution in [0, 0.1) is 13.8 Å². The zero-order chi connectivity index (χ0) is 18.8. The molecule has 0 aliphatic heterocycles. The number of rotatable bonds is 7. The van der Waals surface area contributed by atoms with Crippen molar-refractivity contribution in [2.45, 2.75) is 93.4 Å². The first-order chi connectivity index (χ1) is 11.0. The van der Waals surface area contributed by atoms with E-state index >= 15 is 0 Å². The van der Waals surface area contributed by atoms with E-state index < -0.39 is 8.27 Å². The van der Waals surface area contributed by atoms with Crippen LogP contribution in [-0.4, -0.2) is 49.0 Å². The van der Waals surface area contributed by atoms with Gasteiger partial charge in [0, 0.05) is 0 Å². The van der Waals surface area contributed by atoms with Crippen LogP contribution >= 0.6 is 0 Å². The molecule has 1 aromatic rings. The molecule has 0 unspecified atom stereocenters. The van der Waals surface area contributed by atoms with Crippen LogP contribution in [-0.2, 0) is 0 Å². The second kappa shape index (κ2) is 8.20. The Balaban J connectivity index is 3.77. The number of hydrogen-bond acceptors (Lipinski definition) is 2. The normalized spacial score (nSPS) is 13.3. The first kappa shape index (κ1) is 21.5. The molecule has 0 aromatic heterocycles. The van der Waals surface area contributed by atoms with Crippen LogP contribution in [0.1, 0.15) is 66.5 Å². The number of nitrogens with zero attached hydrogens (tertiary/aromatic N) is 2. The van der Waals surface area contributed by atoms with E-state index in [9.17, 15) is 0 Å². The maximum Gasteiger partial charge on any atom is 0.184 e. The van der Waals surface area contributed by atoms with E-state index in [1.54, 1.807) is 0 Å². The molecule has 0 bridgehead atoms. The Hall–Kier alpha value is -0.578. The molecule has 2 radical (unpaired) electrons. The van der Waals surface area contributed by atoms with Gasteiger partial charge in [0.2, 0.25) is 0 Å². The van der Waals surface area contributed by atoms with E-state index in [0.717, 1.165) is 0 Å². The molecule has 4 heteroatoms. The minimum Gasteiger partial charge on any atom is -0.310 e. The average Bonchev–Trinajstić information content (AvgIpc) is 2.39. The fourth-order valence-corrected chi connectivity index (χ4v) is 9.39. The summed E-state index contributed by atoms with van der Waals surface area (Å²) in [5.41, 5.74) is 2.68. The number of aryl methyl sites for hydroxylation is 1. The Morgan fingerprint density at radius 1 is 0.750 bits per heavy atom. The Morgan fingerprint density at radius 2 is 1.12 bits per heavy atom. The summed E-state index contributed by atoms with van der Waals surface area (Å²) in [6.07, 6.45) is 0. The van der Waals surface area contributed by atoms with Gasteiger partial charge in [-0.2, -0.15) is 0 Å². The van der Waals surface area contributed by atoms with Crippen molar-refractivity contribution in [2.75, 3.05) is 0 Å². The lowest BCUT2D eigenvalue weighted by atomic mass is 10.1. The molecule has 0 saturated carbocycles. The van der Waals surface area contributed by atoms with Crippen molar-refractivity contribution in [2.24, 2.45) is 0 Å². The van der Waals surface area contributed by atoms with Gasteiger partial charge in [-0.05, 0) is 54.3 Å². The van der Waals surface area contributed by atoms with Crippen molar-refractivity contribution in [3.05, 3.63) is 29.3 Å². The molecule has 2 nitrogen and oxygen atoms in total. The zero-order valence-corrected chi connectivity index (χ0v) is 18.5. The molecule has 0 saturated heterocycles. The quantitative estimate of drug-likeness (QED) is 0.693. The van der Waals surface area contributed by atoms with E-state index in [-0.39, 0.29) is 0 Å². The highest BCUT2D eigenvalue weighted by Crippen LogP contribution is 2.25. The van der Waals surface area contributed by atoms with Gasteiger partial charge < -0.3 is 9.13 Å². The Labute approximate surface area is 153 Å². The van der Waals surface area contributed by atoms with Crippen LogP contribution in [0.2, 0.25) is 0 Å². The van der Waals surface area contributed by atoms with Crippen LogP contribution < -0.4 is 5.19 Å². The van der Waals surface area contributed by atoms with Crippen molar-refractivity contribution >= 4 is 20.9 Å². The molecule has 0 amide bonds. The Morgan fingerprint density at radius 3 is 1.46 bits per heavy atom. The van der Waals surface area contributed by atoms with Crippen molar-refractivity contribution in [1.82, 2.24) is 9.13 Å². The van der Waals surface area contributed by atoms with Gasteiger partial charge in [0.15, 0.2) is 8.27 Å². The Kier molecular flexibility index (Phi) is 7.33. The summed E-state index contributed by atoms with van der Waals surface area (Å²) >= 11 is 0. The van der Waals surface area contributed by atoms with Crippen LogP contribution in [0.3, 0.4) is 0 Å². The lowest BCUT2D eigenvalue weighted by molar-refractivity contribution is 0.222. The van der Waals surface area contributed by atoms with E-state index in [0.29, 0.717) is 24.2 Å². The van der Waals surface area contributed by atoms with Gasteiger partial charge in [-0.15, -0.1) is 0 Å². The van der Waals surface area contributed by atoms with Crippen molar-refractivity contribution in [1.29, 1.82) is 0 Å². The second-order valence-corrected chi connectivity index (χ2v) is 11.2. The molecular weight excluding hydrogens is 307 g/mol.